The first-order valence-corrected chi connectivity index (χ1v) is 11.1. The summed E-state index contributed by atoms with van der Waals surface area (Å²) in [4.78, 5) is 43.0. The van der Waals surface area contributed by atoms with Gasteiger partial charge in [0.2, 0.25) is 0 Å². The fourth-order valence-electron chi connectivity index (χ4n) is 4.88. The van der Waals surface area contributed by atoms with Gasteiger partial charge in [-0.05, 0) is 49.8 Å². The first kappa shape index (κ1) is 17.8. The van der Waals surface area contributed by atoms with Crippen LogP contribution in [0.1, 0.15) is 29.7 Å². The van der Waals surface area contributed by atoms with E-state index in [-0.39, 0.29) is 5.91 Å². The molecule has 2 N–H and O–H groups in total. The summed E-state index contributed by atoms with van der Waals surface area (Å²) in [5.74, 6) is 1.27. The average Bonchev–Trinajstić information content (AvgIpc) is 3.41. The van der Waals surface area contributed by atoms with Crippen LogP contribution in [0.5, 0.6) is 0 Å². The predicted octanol–water partition coefficient (Wildman–Crippen LogP) is 2.42. The summed E-state index contributed by atoms with van der Waals surface area (Å²) in [5, 5.41) is 6.39. The monoisotopic (exact) mass is 420 g/mol. The fourth-order valence-corrected chi connectivity index (χ4v) is 6.14. The van der Waals surface area contributed by atoms with Gasteiger partial charge in [-0.1, -0.05) is 0 Å². The second-order valence-corrected chi connectivity index (χ2v) is 9.25. The number of carbonyl (C=O) groups excluding carboxylic acids is 2. The van der Waals surface area contributed by atoms with Crippen LogP contribution in [0.3, 0.4) is 0 Å². The number of carbonyl (C=O) groups is 2. The lowest BCUT2D eigenvalue weighted by Crippen LogP contribution is -2.58. The molecule has 0 aromatic carbocycles. The molecule has 3 amide bonds. The van der Waals surface area contributed by atoms with Crippen molar-refractivity contribution >= 4 is 39.3 Å². The standard InChI is InChI=1S/C21H20N6O2S/c28-19-21(26-20(29)25-19)7-3-9-27(11-21)17-15-13-5-1-6-14(13)30-18(15)24-16(23-17)12-4-2-8-22-10-12/h2,4,8,10H,1,3,5-7,9,11H2,(H2,25,26,28,29). The summed E-state index contributed by atoms with van der Waals surface area (Å²) < 4.78 is 0. The molecular weight excluding hydrogens is 400 g/mol. The third-order valence-corrected chi connectivity index (χ3v) is 7.46. The number of imide groups is 1. The quantitative estimate of drug-likeness (QED) is 0.618. The van der Waals surface area contributed by atoms with Gasteiger partial charge in [0.25, 0.3) is 5.91 Å². The van der Waals surface area contributed by atoms with E-state index < -0.39 is 11.6 Å². The van der Waals surface area contributed by atoms with Crippen molar-refractivity contribution in [1.82, 2.24) is 25.6 Å². The molecule has 30 heavy (non-hydrogen) atoms. The summed E-state index contributed by atoms with van der Waals surface area (Å²) in [6, 6.07) is 3.43. The molecule has 3 aromatic rings. The Morgan fingerprint density at radius 2 is 2.10 bits per heavy atom. The maximum Gasteiger partial charge on any atom is 0.322 e. The maximum atomic E-state index is 12.6. The maximum absolute atomic E-state index is 12.6. The van der Waals surface area contributed by atoms with Crippen LogP contribution in [-0.4, -0.2) is 45.5 Å². The summed E-state index contributed by atoms with van der Waals surface area (Å²) in [6.07, 6.45) is 8.21. The average molecular weight is 420 g/mol. The molecular formula is C21H20N6O2S. The molecule has 2 fully saturated rings. The minimum atomic E-state index is -0.889. The Morgan fingerprint density at radius 3 is 2.90 bits per heavy atom. The van der Waals surface area contributed by atoms with E-state index in [4.69, 9.17) is 9.97 Å². The van der Waals surface area contributed by atoms with E-state index in [2.05, 4.69) is 20.5 Å². The number of fused-ring (bicyclic) bond motifs is 3. The second kappa shape index (κ2) is 6.46. The first-order chi connectivity index (χ1) is 14.6. The number of aromatic nitrogens is 3. The topological polar surface area (TPSA) is 100 Å². The molecule has 2 aliphatic heterocycles. The molecule has 5 heterocycles. The summed E-state index contributed by atoms with van der Waals surface area (Å²) >= 11 is 1.75. The van der Waals surface area contributed by atoms with Crippen molar-refractivity contribution in [3.63, 3.8) is 0 Å². The van der Waals surface area contributed by atoms with Crippen LogP contribution < -0.4 is 15.5 Å². The molecule has 152 valence electrons. The van der Waals surface area contributed by atoms with Gasteiger partial charge in [0, 0.05) is 29.4 Å². The molecule has 6 rings (SSSR count). The molecule has 1 aliphatic carbocycles. The minimum absolute atomic E-state index is 0.245. The number of pyridine rings is 1. The molecule has 3 aliphatic rings. The zero-order chi connectivity index (χ0) is 20.3. The summed E-state index contributed by atoms with van der Waals surface area (Å²) in [6.45, 7) is 1.20. The van der Waals surface area contributed by atoms with Crippen LogP contribution in [0.2, 0.25) is 0 Å². The van der Waals surface area contributed by atoms with Crippen LogP contribution in [-0.2, 0) is 17.6 Å². The van der Waals surface area contributed by atoms with Crippen molar-refractivity contribution in [2.45, 2.75) is 37.6 Å². The summed E-state index contributed by atoms with van der Waals surface area (Å²) in [5.41, 5.74) is 1.33. The van der Waals surface area contributed by atoms with Crippen molar-refractivity contribution in [2.75, 3.05) is 18.0 Å². The number of rotatable bonds is 2. The van der Waals surface area contributed by atoms with Gasteiger partial charge in [0.05, 0.1) is 11.9 Å². The number of thiophene rings is 1. The van der Waals surface area contributed by atoms with Gasteiger partial charge in [-0.25, -0.2) is 14.8 Å². The van der Waals surface area contributed by atoms with Gasteiger partial charge in [0.15, 0.2) is 5.82 Å². The van der Waals surface area contributed by atoms with Crippen LogP contribution in [0.4, 0.5) is 10.6 Å². The van der Waals surface area contributed by atoms with Crippen molar-refractivity contribution in [3.05, 3.63) is 35.0 Å². The first-order valence-electron chi connectivity index (χ1n) is 10.2. The number of anilines is 1. The number of piperidine rings is 1. The lowest BCUT2D eigenvalue weighted by molar-refractivity contribution is -0.124. The molecule has 0 saturated carbocycles. The van der Waals surface area contributed by atoms with Crippen molar-refractivity contribution < 1.29 is 9.59 Å². The zero-order valence-corrected chi connectivity index (χ0v) is 17.1. The van der Waals surface area contributed by atoms with Gasteiger partial charge in [0.1, 0.15) is 16.2 Å². The van der Waals surface area contributed by atoms with Crippen molar-refractivity contribution in [2.24, 2.45) is 0 Å². The van der Waals surface area contributed by atoms with Crippen LogP contribution in [0, 0.1) is 0 Å². The third-order valence-electron chi connectivity index (χ3n) is 6.27. The fraction of sp³-hybridized carbons (Fsp3) is 0.381. The Balaban J connectivity index is 1.51. The van der Waals surface area contributed by atoms with E-state index >= 15 is 0 Å². The molecule has 1 spiro atoms. The molecule has 2 saturated heterocycles. The van der Waals surface area contributed by atoms with E-state index in [0.29, 0.717) is 18.8 Å². The predicted molar refractivity (Wildman–Crippen MR) is 114 cm³/mol. The summed E-state index contributed by atoms with van der Waals surface area (Å²) in [7, 11) is 0. The van der Waals surface area contributed by atoms with Crippen LogP contribution in [0.25, 0.3) is 21.6 Å². The smallest absolute Gasteiger partial charge is 0.322 e. The van der Waals surface area contributed by atoms with Crippen LogP contribution >= 0.6 is 11.3 Å². The Labute approximate surface area is 176 Å². The van der Waals surface area contributed by atoms with E-state index in [1.807, 2.05) is 12.1 Å². The third kappa shape index (κ3) is 2.61. The van der Waals surface area contributed by atoms with Crippen molar-refractivity contribution in [3.8, 4) is 11.4 Å². The van der Waals surface area contributed by atoms with E-state index in [1.165, 1.54) is 10.4 Å². The van der Waals surface area contributed by atoms with Crippen molar-refractivity contribution in [1.29, 1.82) is 0 Å². The highest BCUT2D eigenvalue weighted by atomic mass is 32.1. The van der Waals surface area contributed by atoms with E-state index in [1.54, 1.807) is 23.7 Å². The largest absolute Gasteiger partial charge is 0.353 e. The number of nitrogens with one attached hydrogen (secondary N) is 2. The van der Waals surface area contributed by atoms with Gasteiger partial charge >= 0.3 is 6.03 Å². The lowest BCUT2D eigenvalue weighted by Gasteiger charge is -2.39. The normalized spacial score (nSPS) is 23.1. The molecule has 3 aromatic heterocycles. The zero-order valence-electron chi connectivity index (χ0n) is 16.3. The Kier molecular flexibility index (Phi) is 3.83. The SMILES string of the molecule is O=C1NC(=O)C2(CCCN(c3nc(-c4cccnc4)nc4sc5c(c34)CCC5)C2)N1. The number of amides is 3. The van der Waals surface area contributed by atoms with E-state index in [9.17, 15) is 9.59 Å². The number of aryl methyl sites for hydroxylation is 2. The Hall–Kier alpha value is -3.07. The Morgan fingerprint density at radius 1 is 1.17 bits per heavy atom. The number of urea groups is 1. The molecule has 0 radical (unpaired) electrons. The van der Waals surface area contributed by atoms with Gasteiger partial charge < -0.3 is 10.2 Å². The Bertz CT molecular complexity index is 1190. The molecule has 9 heteroatoms. The lowest BCUT2D eigenvalue weighted by atomic mass is 9.89. The second-order valence-electron chi connectivity index (χ2n) is 8.17. The molecule has 1 atom stereocenters. The minimum Gasteiger partial charge on any atom is -0.353 e. The van der Waals surface area contributed by atoms with Gasteiger partial charge in [-0.2, -0.15) is 0 Å². The highest BCUT2D eigenvalue weighted by Crippen LogP contribution is 2.42. The molecule has 8 nitrogen and oxygen atoms in total. The number of hydrogen-bond donors (Lipinski definition) is 2. The highest BCUT2D eigenvalue weighted by Gasteiger charge is 2.49. The molecule has 0 bridgehead atoms. The number of hydrogen-bond acceptors (Lipinski definition) is 7. The van der Waals surface area contributed by atoms with Gasteiger partial charge in [-0.3, -0.25) is 15.1 Å². The van der Waals surface area contributed by atoms with Gasteiger partial charge in [-0.15, -0.1) is 11.3 Å². The highest BCUT2D eigenvalue weighted by molar-refractivity contribution is 7.19. The van der Waals surface area contributed by atoms with Crippen LogP contribution in [0.15, 0.2) is 24.5 Å². The number of nitrogens with zero attached hydrogens (tertiary/aromatic N) is 4. The van der Waals surface area contributed by atoms with E-state index in [0.717, 1.165) is 53.8 Å². The molecule has 1 unspecified atom stereocenters.